The summed E-state index contributed by atoms with van der Waals surface area (Å²) in [5.74, 6) is -0.844. The molecular weight excluding hydrogens is 342 g/mol. The summed E-state index contributed by atoms with van der Waals surface area (Å²) in [6.45, 7) is 4.44. The van der Waals surface area contributed by atoms with Gasteiger partial charge in [-0.1, -0.05) is 29.8 Å². The second-order valence-corrected chi connectivity index (χ2v) is 5.79. The third-order valence-electron chi connectivity index (χ3n) is 3.69. The molecule has 6 heteroatoms. The van der Waals surface area contributed by atoms with Gasteiger partial charge in [0.25, 0.3) is 5.91 Å². The number of ether oxygens (including phenoxy) is 1. The van der Waals surface area contributed by atoms with E-state index in [2.05, 4.69) is 10.6 Å². The molecule has 0 unspecified atom stereocenters. The first kappa shape index (κ1) is 19.7. The number of aryl methyl sites for hydroxylation is 1. The van der Waals surface area contributed by atoms with Crippen molar-refractivity contribution in [2.75, 3.05) is 11.9 Å². The van der Waals surface area contributed by atoms with Crippen LogP contribution in [0.15, 0.2) is 60.3 Å². The second-order valence-electron chi connectivity index (χ2n) is 5.79. The van der Waals surface area contributed by atoms with Crippen molar-refractivity contribution < 1.29 is 14.3 Å². The molecule has 0 fully saturated rings. The van der Waals surface area contributed by atoms with Gasteiger partial charge in [0.05, 0.1) is 12.2 Å². The molecule has 0 radical (unpaired) electrons. The van der Waals surface area contributed by atoms with Gasteiger partial charge in [-0.25, -0.2) is 4.79 Å². The molecule has 0 bridgehead atoms. The molecule has 2 N–H and O–H groups in total. The number of benzene rings is 2. The lowest BCUT2D eigenvalue weighted by Gasteiger charge is -2.06. The average molecular weight is 363 g/mol. The van der Waals surface area contributed by atoms with Crippen molar-refractivity contribution in [2.24, 2.45) is 0 Å². The van der Waals surface area contributed by atoms with Crippen LogP contribution >= 0.6 is 0 Å². The van der Waals surface area contributed by atoms with Crippen LogP contribution in [0, 0.1) is 18.3 Å². The Morgan fingerprint density at radius 2 is 1.78 bits per heavy atom. The number of amides is 1. The van der Waals surface area contributed by atoms with Gasteiger partial charge in [-0.3, -0.25) is 4.79 Å². The van der Waals surface area contributed by atoms with Gasteiger partial charge in [0.15, 0.2) is 0 Å². The fourth-order valence-electron chi connectivity index (χ4n) is 2.23. The number of anilines is 1. The number of hydrogen-bond donors (Lipinski definition) is 2. The van der Waals surface area contributed by atoms with Crippen molar-refractivity contribution in [3.05, 3.63) is 77.0 Å². The molecule has 0 aliphatic heterocycles. The van der Waals surface area contributed by atoms with Crippen molar-refractivity contribution in [2.45, 2.75) is 20.4 Å². The molecular formula is C21H21N3O3. The van der Waals surface area contributed by atoms with Gasteiger partial charge in [-0.2, -0.15) is 5.26 Å². The van der Waals surface area contributed by atoms with Crippen molar-refractivity contribution in [3.8, 4) is 6.07 Å². The van der Waals surface area contributed by atoms with Crippen LogP contribution in [0.1, 0.15) is 28.4 Å². The maximum atomic E-state index is 12.2. The lowest BCUT2D eigenvalue weighted by Crippen LogP contribution is -2.16. The zero-order valence-electron chi connectivity index (χ0n) is 15.3. The molecule has 6 nitrogen and oxygen atoms in total. The highest BCUT2D eigenvalue weighted by atomic mass is 16.5. The number of esters is 1. The molecule has 27 heavy (non-hydrogen) atoms. The Kier molecular flexibility index (Phi) is 7.15. The Bertz CT molecular complexity index is 863. The van der Waals surface area contributed by atoms with E-state index in [1.165, 1.54) is 6.20 Å². The molecule has 0 heterocycles. The summed E-state index contributed by atoms with van der Waals surface area (Å²) >= 11 is 0. The highest BCUT2D eigenvalue weighted by Crippen LogP contribution is 2.10. The Morgan fingerprint density at radius 3 is 2.37 bits per heavy atom. The molecule has 0 saturated carbocycles. The molecule has 0 saturated heterocycles. The van der Waals surface area contributed by atoms with Gasteiger partial charge in [-0.15, -0.1) is 0 Å². The van der Waals surface area contributed by atoms with Gasteiger partial charge in [0.2, 0.25) is 0 Å². The van der Waals surface area contributed by atoms with E-state index >= 15 is 0 Å². The SMILES string of the molecule is CCOC(=O)c1ccc(CN/C=C(/C#N)C(=O)Nc2ccc(C)cc2)cc1. The summed E-state index contributed by atoms with van der Waals surface area (Å²) in [4.78, 5) is 23.8. The van der Waals surface area contributed by atoms with E-state index in [-0.39, 0.29) is 11.5 Å². The minimum Gasteiger partial charge on any atom is -0.462 e. The zero-order chi connectivity index (χ0) is 19.6. The van der Waals surface area contributed by atoms with Crippen LogP contribution in [0.3, 0.4) is 0 Å². The zero-order valence-corrected chi connectivity index (χ0v) is 15.3. The van der Waals surface area contributed by atoms with Crippen molar-refractivity contribution in [1.82, 2.24) is 5.32 Å². The Balaban J connectivity index is 1.92. The molecule has 0 aliphatic rings. The molecule has 0 spiro atoms. The monoisotopic (exact) mass is 363 g/mol. The maximum Gasteiger partial charge on any atom is 0.338 e. The minimum atomic E-state index is -0.480. The Morgan fingerprint density at radius 1 is 1.11 bits per heavy atom. The standard InChI is InChI=1S/C21H21N3O3/c1-3-27-21(26)17-8-6-16(7-9-17)13-23-14-18(12-22)20(25)24-19-10-4-15(2)5-11-19/h4-11,14,23H,3,13H2,1-2H3,(H,24,25)/b18-14-. The van der Waals surface area contributed by atoms with Crippen LogP contribution in [0.2, 0.25) is 0 Å². The fourth-order valence-corrected chi connectivity index (χ4v) is 2.23. The van der Waals surface area contributed by atoms with Gasteiger partial charge >= 0.3 is 5.97 Å². The highest BCUT2D eigenvalue weighted by molar-refractivity contribution is 6.06. The molecule has 1 amide bonds. The Hall–Kier alpha value is -3.59. The van der Waals surface area contributed by atoms with Crippen LogP contribution in [-0.2, 0) is 16.1 Å². The van der Waals surface area contributed by atoms with Gasteiger partial charge in [0.1, 0.15) is 11.6 Å². The summed E-state index contributed by atoms with van der Waals surface area (Å²) in [5.41, 5.74) is 3.06. The number of carbonyl (C=O) groups is 2. The first-order chi connectivity index (χ1) is 13.0. The van der Waals surface area contributed by atoms with Crippen LogP contribution in [-0.4, -0.2) is 18.5 Å². The number of nitriles is 1. The number of hydrogen-bond acceptors (Lipinski definition) is 5. The first-order valence-electron chi connectivity index (χ1n) is 8.51. The van der Waals surface area contributed by atoms with Crippen LogP contribution in [0.5, 0.6) is 0 Å². The van der Waals surface area contributed by atoms with E-state index in [9.17, 15) is 14.9 Å². The normalized spacial score (nSPS) is 10.6. The fraction of sp³-hybridized carbons (Fsp3) is 0.190. The Labute approximate surface area is 158 Å². The van der Waals surface area contributed by atoms with Crippen LogP contribution < -0.4 is 10.6 Å². The lowest BCUT2D eigenvalue weighted by molar-refractivity contribution is -0.112. The maximum absolute atomic E-state index is 12.2. The van der Waals surface area contributed by atoms with E-state index in [4.69, 9.17) is 4.74 Å². The predicted molar refractivity (Wildman–Crippen MR) is 103 cm³/mol. The molecule has 0 aromatic heterocycles. The summed E-state index contributed by atoms with van der Waals surface area (Å²) in [6, 6.07) is 16.1. The first-order valence-corrected chi connectivity index (χ1v) is 8.51. The van der Waals surface area contributed by atoms with Crippen LogP contribution in [0.25, 0.3) is 0 Å². The predicted octanol–water partition coefficient (Wildman–Crippen LogP) is 3.31. The second kappa shape index (κ2) is 9.78. The van der Waals surface area contributed by atoms with Crippen molar-refractivity contribution in [1.29, 1.82) is 5.26 Å². The lowest BCUT2D eigenvalue weighted by atomic mass is 10.1. The minimum absolute atomic E-state index is 0.0290. The highest BCUT2D eigenvalue weighted by Gasteiger charge is 2.09. The van der Waals surface area contributed by atoms with Gasteiger partial charge < -0.3 is 15.4 Å². The smallest absolute Gasteiger partial charge is 0.338 e. The molecule has 0 aliphatic carbocycles. The largest absolute Gasteiger partial charge is 0.462 e. The number of carbonyl (C=O) groups excluding carboxylic acids is 2. The summed E-state index contributed by atoms with van der Waals surface area (Å²) in [7, 11) is 0. The number of nitrogens with one attached hydrogen (secondary N) is 2. The number of rotatable bonds is 7. The van der Waals surface area contributed by atoms with E-state index in [0.717, 1.165) is 11.1 Å². The van der Waals surface area contributed by atoms with E-state index in [1.807, 2.05) is 25.1 Å². The topological polar surface area (TPSA) is 91.2 Å². The van der Waals surface area contributed by atoms with Crippen molar-refractivity contribution >= 4 is 17.6 Å². The third kappa shape index (κ3) is 6.01. The van der Waals surface area contributed by atoms with Crippen molar-refractivity contribution in [3.63, 3.8) is 0 Å². The van der Waals surface area contributed by atoms with Crippen LogP contribution in [0.4, 0.5) is 5.69 Å². The quantitative estimate of drug-likeness (QED) is 0.447. The van der Waals surface area contributed by atoms with Gasteiger partial charge in [0, 0.05) is 18.4 Å². The molecule has 0 atom stereocenters. The van der Waals surface area contributed by atoms with E-state index in [1.54, 1.807) is 43.3 Å². The molecule has 2 aromatic carbocycles. The molecule has 138 valence electrons. The number of nitrogens with zero attached hydrogens (tertiary/aromatic N) is 1. The van der Waals surface area contributed by atoms with E-state index < -0.39 is 5.91 Å². The van der Waals surface area contributed by atoms with Gasteiger partial charge in [-0.05, 0) is 43.7 Å². The van der Waals surface area contributed by atoms with E-state index in [0.29, 0.717) is 24.4 Å². The summed E-state index contributed by atoms with van der Waals surface area (Å²) in [6.07, 6.45) is 1.38. The molecule has 2 aromatic rings. The average Bonchev–Trinajstić information content (AvgIpc) is 2.67. The third-order valence-corrected chi connectivity index (χ3v) is 3.69. The summed E-state index contributed by atoms with van der Waals surface area (Å²) in [5, 5.41) is 14.8. The molecule has 2 rings (SSSR count). The summed E-state index contributed by atoms with van der Waals surface area (Å²) < 4.78 is 4.93.